The molecule has 1 fully saturated rings. The zero-order valence-electron chi connectivity index (χ0n) is 13.1. The molecule has 2 heterocycles. The van der Waals surface area contributed by atoms with E-state index in [4.69, 9.17) is 17.0 Å². The minimum absolute atomic E-state index is 0.173. The van der Waals surface area contributed by atoms with Gasteiger partial charge >= 0.3 is 0 Å². The van der Waals surface area contributed by atoms with E-state index in [1.807, 2.05) is 12.1 Å². The van der Waals surface area contributed by atoms with E-state index in [1.54, 1.807) is 29.4 Å². The lowest BCUT2D eigenvalue weighted by molar-refractivity contribution is -0.0106. The number of hydrogen-bond donors (Lipinski definition) is 1. The van der Waals surface area contributed by atoms with E-state index < -0.39 is 5.72 Å². The van der Waals surface area contributed by atoms with Gasteiger partial charge in [0.2, 0.25) is 0 Å². The van der Waals surface area contributed by atoms with Gasteiger partial charge in [-0.1, -0.05) is 36.1 Å². The maximum absolute atomic E-state index is 14.0. The van der Waals surface area contributed by atoms with Crippen LogP contribution in [0.25, 0.3) is 0 Å². The third-order valence-corrected chi connectivity index (χ3v) is 5.52. The smallest absolute Gasteiger partial charge is 0.179 e. The molecule has 1 aliphatic heterocycles. The predicted octanol–water partition coefficient (Wildman–Crippen LogP) is 3.32. The number of aliphatic hydroxyl groups is 1. The number of pyridine rings is 1. The van der Waals surface area contributed by atoms with Crippen LogP contribution in [0.5, 0.6) is 0 Å². The Hall–Kier alpha value is -1.70. The number of ether oxygens (including phenoxy) is 1. The molecule has 0 amide bonds. The van der Waals surface area contributed by atoms with Crippen LogP contribution in [0, 0.1) is 0 Å². The fourth-order valence-corrected chi connectivity index (χ4v) is 4.11. The number of halogens is 1. The van der Waals surface area contributed by atoms with E-state index in [2.05, 4.69) is 4.98 Å². The fourth-order valence-electron chi connectivity index (χ4n) is 2.71. The summed E-state index contributed by atoms with van der Waals surface area (Å²) < 4.78 is 20.0. The number of allylic oxidation sites excluding steroid dienone is 3. The van der Waals surface area contributed by atoms with Crippen molar-refractivity contribution in [1.82, 2.24) is 9.88 Å². The Morgan fingerprint density at radius 1 is 1.54 bits per heavy atom. The van der Waals surface area contributed by atoms with Crippen molar-refractivity contribution in [3.8, 4) is 0 Å². The number of hydrogen-bond acceptors (Lipinski definition) is 5. The minimum atomic E-state index is -1.44. The number of aromatic nitrogens is 1. The predicted molar refractivity (Wildman–Crippen MR) is 96.8 cm³/mol. The topological polar surface area (TPSA) is 45.6 Å². The quantitative estimate of drug-likeness (QED) is 0.827. The lowest BCUT2D eigenvalue weighted by Gasteiger charge is -2.35. The number of rotatable bonds is 4. The highest BCUT2D eigenvalue weighted by Gasteiger charge is 2.46. The Morgan fingerprint density at radius 2 is 2.38 bits per heavy atom. The Kier molecular flexibility index (Phi) is 5.03. The van der Waals surface area contributed by atoms with E-state index in [-0.39, 0.29) is 12.2 Å². The molecule has 4 nitrogen and oxygen atoms in total. The van der Waals surface area contributed by atoms with E-state index >= 15 is 0 Å². The van der Waals surface area contributed by atoms with Gasteiger partial charge in [-0.2, -0.15) is 0 Å². The van der Waals surface area contributed by atoms with E-state index in [1.165, 1.54) is 24.9 Å². The second-order valence-electron chi connectivity index (χ2n) is 5.50. The van der Waals surface area contributed by atoms with Crippen LogP contribution in [-0.4, -0.2) is 37.9 Å². The van der Waals surface area contributed by atoms with Crippen LogP contribution in [0.2, 0.25) is 0 Å². The summed E-state index contributed by atoms with van der Waals surface area (Å²) in [4.78, 5) is 5.79. The molecule has 1 atom stereocenters. The summed E-state index contributed by atoms with van der Waals surface area (Å²) in [6, 6.07) is 3.74. The average Bonchev–Trinajstić information content (AvgIpc) is 2.76. The van der Waals surface area contributed by atoms with Gasteiger partial charge in [0.25, 0.3) is 0 Å². The highest BCUT2D eigenvalue weighted by Crippen LogP contribution is 2.41. The largest absolute Gasteiger partial charge is 0.496 e. The van der Waals surface area contributed by atoms with E-state index in [0.717, 1.165) is 5.56 Å². The summed E-state index contributed by atoms with van der Waals surface area (Å²) in [6.45, 7) is 0.385. The molecule has 126 valence electrons. The molecule has 3 rings (SSSR count). The van der Waals surface area contributed by atoms with Gasteiger partial charge in [-0.25, -0.2) is 4.39 Å². The highest BCUT2D eigenvalue weighted by atomic mass is 32.2. The Bertz CT molecular complexity index is 733. The summed E-state index contributed by atoms with van der Waals surface area (Å²) in [5.41, 5.74) is -0.143. The first kappa shape index (κ1) is 17.1. The zero-order chi connectivity index (χ0) is 17.2. The Balaban J connectivity index is 2.02. The molecule has 0 radical (unpaired) electrons. The molecule has 24 heavy (non-hydrogen) atoms. The summed E-state index contributed by atoms with van der Waals surface area (Å²) in [5, 5.41) is 11.4. The van der Waals surface area contributed by atoms with Gasteiger partial charge in [-0.05, 0) is 23.8 Å². The number of nitrogens with zero attached hydrogens (tertiary/aromatic N) is 2. The maximum atomic E-state index is 14.0. The van der Waals surface area contributed by atoms with Crippen molar-refractivity contribution in [1.29, 1.82) is 0 Å². The summed E-state index contributed by atoms with van der Waals surface area (Å²) >= 11 is 6.78. The van der Waals surface area contributed by atoms with Crippen molar-refractivity contribution < 1.29 is 14.2 Å². The van der Waals surface area contributed by atoms with Gasteiger partial charge in [-0.3, -0.25) is 4.98 Å². The summed E-state index contributed by atoms with van der Waals surface area (Å²) in [6.07, 6.45) is 8.29. The van der Waals surface area contributed by atoms with Gasteiger partial charge in [0, 0.05) is 30.9 Å². The van der Waals surface area contributed by atoms with Gasteiger partial charge in [0.1, 0.15) is 15.9 Å². The highest BCUT2D eigenvalue weighted by molar-refractivity contribution is 8.23. The van der Waals surface area contributed by atoms with Crippen molar-refractivity contribution in [2.75, 3.05) is 12.9 Å². The molecule has 7 heteroatoms. The SMILES string of the molecule is COC1=C(C2(O)CSC(=S)N2Cc2cccnc2)C=C(F)CC=C1. The van der Waals surface area contributed by atoms with Gasteiger partial charge in [-0.15, -0.1) is 0 Å². The first-order chi connectivity index (χ1) is 11.5. The standard InChI is InChI=1S/C17H17FN2O2S2/c1-22-15-6-2-5-13(18)8-14(15)17(21)11-24-16(23)20(17)10-12-4-3-7-19-9-12/h2-4,6-9,21H,5,10-11H2,1H3. The van der Waals surface area contributed by atoms with Crippen LogP contribution in [0.1, 0.15) is 12.0 Å². The molecule has 1 aromatic heterocycles. The summed E-state index contributed by atoms with van der Waals surface area (Å²) in [7, 11) is 1.51. The molecule has 0 bridgehead atoms. The fraction of sp³-hybridized carbons (Fsp3) is 0.294. The van der Waals surface area contributed by atoms with Crippen molar-refractivity contribution >= 4 is 28.3 Å². The van der Waals surface area contributed by atoms with Crippen LogP contribution >= 0.6 is 24.0 Å². The molecule has 1 aliphatic carbocycles. The van der Waals surface area contributed by atoms with Gasteiger partial charge in [0.15, 0.2) is 5.72 Å². The van der Waals surface area contributed by atoms with Crippen LogP contribution in [0.4, 0.5) is 4.39 Å². The molecule has 0 saturated carbocycles. The van der Waals surface area contributed by atoms with Gasteiger partial charge in [0.05, 0.1) is 12.9 Å². The Morgan fingerprint density at radius 3 is 3.08 bits per heavy atom. The third-order valence-electron chi connectivity index (χ3n) is 3.93. The molecule has 1 saturated heterocycles. The zero-order valence-corrected chi connectivity index (χ0v) is 14.7. The molecule has 1 aromatic rings. The van der Waals surface area contributed by atoms with Crippen LogP contribution in [-0.2, 0) is 11.3 Å². The lowest BCUT2D eigenvalue weighted by atomic mass is 10.0. The average molecular weight is 364 g/mol. The molecular weight excluding hydrogens is 347 g/mol. The van der Waals surface area contributed by atoms with Crippen molar-refractivity contribution in [2.24, 2.45) is 0 Å². The molecule has 1 N–H and O–H groups in total. The first-order valence-corrected chi connectivity index (χ1v) is 8.81. The molecule has 0 spiro atoms. The molecule has 0 aromatic carbocycles. The molecule has 1 unspecified atom stereocenters. The van der Waals surface area contributed by atoms with Gasteiger partial charge < -0.3 is 14.7 Å². The second kappa shape index (κ2) is 7.04. The van der Waals surface area contributed by atoms with Crippen molar-refractivity contribution in [2.45, 2.75) is 18.7 Å². The number of thiocarbonyl (C=S) groups is 1. The second-order valence-corrected chi connectivity index (χ2v) is 7.11. The molecular formula is C17H17FN2O2S2. The lowest BCUT2D eigenvalue weighted by Crippen LogP contribution is -2.48. The Labute approximate surface area is 149 Å². The number of methoxy groups -OCH3 is 1. The molecule has 2 aliphatic rings. The third kappa shape index (κ3) is 3.24. The van der Waals surface area contributed by atoms with E-state index in [9.17, 15) is 9.50 Å². The van der Waals surface area contributed by atoms with Crippen LogP contribution in [0.3, 0.4) is 0 Å². The van der Waals surface area contributed by atoms with E-state index in [0.29, 0.717) is 28.0 Å². The van der Waals surface area contributed by atoms with Crippen molar-refractivity contribution in [3.05, 3.63) is 65.5 Å². The first-order valence-electron chi connectivity index (χ1n) is 7.41. The minimum Gasteiger partial charge on any atom is -0.496 e. The van der Waals surface area contributed by atoms with Crippen LogP contribution < -0.4 is 0 Å². The van der Waals surface area contributed by atoms with Crippen molar-refractivity contribution in [3.63, 3.8) is 0 Å². The normalized spacial score (nSPS) is 24.2. The summed E-state index contributed by atoms with van der Waals surface area (Å²) in [5.74, 6) is 0.420. The number of thioether (sulfide) groups is 1. The van der Waals surface area contributed by atoms with Crippen LogP contribution in [0.15, 0.2) is 59.9 Å². The maximum Gasteiger partial charge on any atom is 0.179 e. The monoisotopic (exact) mass is 364 g/mol.